The number of anilines is 2. The molecule has 0 radical (unpaired) electrons. The van der Waals surface area contributed by atoms with Gasteiger partial charge in [0, 0.05) is 11.9 Å². The van der Waals surface area contributed by atoms with E-state index in [-0.39, 0.29) is 12.6 Å². The van der Waals surface area contributed by atoms with Crippen molar-refractivity contribution in [1.82, 2.24) is 20.3 Å². The monoisotopic (exact) mass is 493 g/mol. The number of hydrogen-bond donors (Lipinski definition) is 3. The topological polar surface area (TPSA) is 118 Å². The Balaban J connectivity index is 1.50. The largest absolute Gasteiger partial charge is 0.491 e. The predicted molar refractivity (Wildman–Crippen MR) is 133 cm³/mol. The van der Waals surface area contributed by atoms with Crippen LogP contribution in [0.3, 0.4) is 0 Å². The number of halogens is 1. The Labute approximate surface area is 207 Å². The van der Waals surface area contributed by atoms with E-state index in [0.717, 1.165) is 5.69 Å². The number of aliphatic hydroxyl groups excluding tert-OH is 1. The van der Waals surface area contributed by atoms with Gasteiger partial charge in [-0.05, 0) is 49.4 Å². The number of hydrogen-bond acceptors (Lipinski definition) is 8. The molecule has 0 spiro atoms. The second-order valence-corrected chi connectivity index (χ2v) is 8.10. The minimum Gasteiger partial charge on any atom is -0.491 e. The van der Waals surface area contributed by atoms with E-state index < -0.39 is 12.5 Å². The molecular weight excluding hydrogens is 470 g/mol. The molecule has 9 nitrogen and oxygen atoms in total. The van der Waals surface area contributed by atoms with Crippen LogP contribution in [0.2, 0.25) is 5.02 Å². The number of aromatic nitrogens is 3. The lowest BCUT2D eigenvalue weighted by atomic mass is 10.2. The lowest BCUT2D eigenvalue weighted by Crippen LogP contribution is -2.38. The van der Waals surface area contributed by atoms with E-state index >= 15 is 0 Å². The molecule has 4 rings (SSSR count). The smallest absolute Gasteiger partial charge is 0.246 e. The summed E-state index contributed by atoms with van der Waals surface area (Å²) >= 11 is 6.45. The van der Waals surface area contributed by atoms with Crippen LogP contribution in [0.25, 0.3) is 10.9 Å². The van der Waals surface area contributed by atoms with Gasteiger partial charge in [-0.2, -0.15) is 0 Å². The molecule has 0 aliphatic heterocycles. The zero-order chi connectivity index (χ0) is 24.6. The van der Waals surface area contributed by atoms with Crippen LogP contribution in [0.15, 0.2) is 67.1 Å². The number of rotatable bonds is 10. The van der Waals surface area contributed by atoms with Crippen molar-refractivity contribution in [3.8, 4) is 11.5 Å². The molecule has 4 aromatic rings. The molecule has 0 aliphatic rings. The van der Waals surface area contributed by atoms with Gasteiger partial charge < -0.3 is 25.2 Å². The van der Waals surface area contributed by atoms with Gasteiger partial charge in [-0.1, -0.05) is 23.7 Å². The van der Waals surface area contributed by atoms with Gasteiger partial charge in [0.15, 0.2) is 0 Å². The molecule has 0 saturated carbocycles. The Morgan fingerprint density at radius 1 is 1.06 bits per heavy atom. The number of pyridine rings is 1. The number of nitrogens with zero attached hydrogens (tertiary/aromatic N) is 3. The highest BCUT2D eigenvalue weighted by atomic mass is 35.5. The Morgan fingerprint density at radius 2 is 1.94 bits per heavy atom. The molecule has 180 valence electrons. The summed E-state index contributed by atoms with van der Waals surface area (Å²) < 4.78 is 11.7. The third kappa shape index (κ3) is 6.34. The van der Waals surface area contributed by atoms with Crippen LogP contribution >= 0.6 is 11.6 Å². The molecule has 2 heterocycles. The van der Waals surface area contributed by atoms with E-state index in [9.17, 15) is 4.79 Å². The quantitative estimate of drug-likeness (QED) is 0.304. The van der Waals surface area contributed by atoms with Gasteiger partial charge in [0.1, 0.15) is 43.5 Å². The average molecular weight is 494 g/mol. The number of aliphatic hydroxyl groups is 1. The van der Waals surface area contributed by atoms with Crippen LogP contribution < -0.4 is 20.1 Å². The molecule has 2 aromatic heterocycles. The van der Waals surface area contributed by atoms with Gasteiger partial charge in [-0.3, -0.25) is 9.78 Å². The van der Waals surface area contributed by atoms with E-state index in [4.69, 9.17) is 26.2 Å². The summed E-state index contributed by atoms with van der Waals surface area (Å²) in [4.78, 5) is 24.4. The molecule has 3 N–H and O–H groups in total. The number of amides is 1. The number of ether oxygens (including phenoxy) is 2. The van der Waals surface area contributed by atoms with Crippen LogP contribution in [0.1, 0.15) is 12.6 Å². The van der Waals surface area contributed by atoms with Gasteiger partial charge in [0.05, 0.1) is 27.7 Å². The van der Waals surface area contributed by atoms with Gasteiger partial charge >= 0.3 is 0 Å². The first-order valence-corrected chi connectivity index (χ1v) is 11.3. The normalized spacial score (nSPS) is 11.6. The maximum Gasteiger partial charge on any atom is 0.246 e. The van der Waals surface area contributed by atoms with Crippen LogP contribution in [0.5, 0.6) is 11.5 Å². The summed E-state index contributed by atoms with van der Waals surface area (Å²) in [5.74, 6) is 1.17. The van der Waals surface area contributed by atoms with E-state index in [1.807, 2.05) is 36.4 Å². The average Bonchev–Trinajstić information content (AvgIpc) is 2.87. The molecule has 0 saturated heterocycles. The van der Waals surface area contributed by atoms with Crippen molar-refractivity contribution in [1.29, 1.82) is 0 Å². The summed E-state index contributed by atoms with van der Waals surface area (Å²) in [7, 11) is 0. The lowest BCUT2D eigenvalue weighted by molar-refractivity contribution is -0.124. The van der Waals surface area contributed by atoms with Crippen LogP contribution in [-0.2, 0) is 11.4 Å². The van der Waals surface area contributed by atoms with Crippen molar-refractivity contribution < 1.29 is 19.4 Å². The Hall–Kier alpha value is -3.95. The fourth-order valence-electron chi connectivity index (χ4n) is 3.34. The first-order chi connectivity index (χ1) is 17.0. The molecule has 1 amide bonds. The van der Waals surface area contributed by atoms with E-state index in [1.165, 1.54) is 6.33 Å². The van der Waals surface area contributed by atoms with Crippen molar-refractivity contribution in [2.75, 3.05) is 18.5 Å². The summed E-state index contributed by atoms with van der Waals surface area (Å²) in [5.41, 5.74) is 2.20. The lowest BCUT2D eigenvalue weighted by Gasteiger charge is -2.17. The van der Waals surface area contributed by atoms with Crippen molar-refractivity contribution >= 4 is 39.9 Å². The second kappa shape index (κ2) is 11.5. The number of nitrogens with one attached hydrogen (secondary N) is 2. The minimum absolute atomic E-state index is 0.202. The van der Waals surface area contributed by atoms with Gasteiger partial charge in [-0.25, -0.2) is 9.97 Å². The maximum absolute atomic E-state index is 11.4. The Bertz CT molecular complexity index is 1300. The van der Waals surface area contributed by atoms with E-state index in [2.05, 4.69) is 25.6 Å². The van der Waals surface area contributed by atoms with Crippen molar-refractivity contribution in [3.05, 3.63) is 77.8 Å². The third-order valence-corrected chi connectivity index (χ3v) is 5.26. The molecule has 1 atom stereocenters. The number of carbonyl (C=O) groups excluding carboxylic acids is 1. The number of benzene rings is 2. The predicted octanol–water partition coefficient (Wildman–Crippen LogP) is 3.88. The standard InChI is InChI=1S/C25H24ClN5O4/c1-16(30-23(33)12-32)13-34-22-7-4-6-20-24(22)25(29-15-28-20)31-17-8-9-21(19(26)11-17)35-14-18-5-2-3-10-27-18/h2-11,15-16,32H,12-14H2,1H3,(H,30,33)(H,28,29,31)/t16-/m0/s1. The third-order valence-electron chi connectivity index (χ3n) is 4.96. The van der Waals surface area contributed by atoms with Crippen molar-refractivity contribution in [2.45, 2.75) is 19.6 Å². The fraction of sp³-hybridized carbons (Fsp3) is 0.200. The molecule has 2 aromatic carbocycles. The molecule has 0 aliphatic carbocycles. The Kier molecular flexibility index (Phi) is 7.92. The zero-order valence-corrected chi connectivity index (χ0v) is 19.7. The Morgan fingerprint density at radius 3 is 2.71 bits per heavy atom. The zero-order valence-electron chi connectivity index (χ0n) is 18.9. The van der Waals surface area contributed by atoms with Crippen LogP contribution in [0, 0.1) is 0 Å². The fourth-order valence-corrected chi connectivity index (χ4v) is 3.57. The first kappa shape index (κ1) is 24.2. The summed E-state index contributed by atoms with van der Waals surface area (Å²) in [6, 6.07) is 16.2. The van der Waals surface area contributed by atoms with Crippen molar-refractivity contribution in [3.63, 3.8) is 0 Å². The highest BCUT2D eigenvalue weighted by Gasteiger charge is 2.14. The van der Waals surface area contributed by atoms with Gasteiger partial charge in [-0.15, -0.1) is 0 Å². The number of carbonyl (C=O) groups is 1. The molecule has 0 unspecified atom stereocenters. The van der Waals surface area contributed by atoms with Crippen LogP contribution in [0.4, 0.5) is 11.5 Å². The van der Waals surface area contributed by atoms with Crippen LogP contribution in [-0.4, -0.2) is 45.2 Å². The summed E-state index contributed by atoms with van der Waals surface area (Å²) in [6.07, 6.45) is 3.17. The molecule has 35 heavy (non-hydrogen) atoms. The highest BCUT2D eigenvalue weighted by Crippen LogP contribution is 2.34. The minimum atomic E-state index is -0.573. The van der Waals surface area contributed by atoms with Gasteiger partial charge in [0.2, 0.25) is 5.91 Å². The molecular formula is C25H24ClN5O4. The summed E-state index contributed by atoms with van der Waals surface area (Å²) in [5, 5.41) is 15.9. The van der Waals surface area contributed by atoms with E-state index in [1.54, 1.807) is 31.3 Å². The highest BCUT2D eigenvalue weighted by molar-refractivity contribution is 6.32. The molecule has 10 heteroatoms. The number of fused-ring (bicyclic) bond motifs is 1. The first-order valence-electron chi connectivity index (χ1n) is 10.9. The van der Waals surface area contributed by atoms with E-state index in [0.29, 0.717) is 45.5 Å². The SMILES string of the molecule is C[C@@H](COc1cccc2ncnc(Nc3ccc(OCc4ccccn4)c(Cl)c3)c12)NC(=O)CO. The van der Waals surface area contributed by atoms with Crippen molar-refractivity contribution in [2.24, 2.45) is 0 Å². The maximum atomic E-state index is 11.4. The molecule has 0 fully saturated rings. The molecule has 0 bridgehead atoms. The summed E-state index contributed by atoms with van der Waals surface area (Å²) in [6.45, 7) is 1.72. The van der Waals surface area contributed by atoms with Gasteiger partial charge in [0.25, 0.3) is 0 Å². The second-order valence-electron chi connectivity index (χ2n) is 7.69.